The first-order valence-corrected chi connectivity index (χ1v) is 6.33. The van der Waals surface area contributed by atoms with Crippen LogP contribution in [0.3, 0.4) is 0 Å². The van der Waals surface area contributed by atoms with Gasteiger partial charge >= 0.3 is 5.97 Å². The van der Waals surface area contributed by atoms with Crippen molar-refractivity contribution in [2.75, 3.05) is 40.5 Å². The lowest BCUT2D eigenvalue weighted by atomic mass is 10.1. The summed E-state index contributed by atoms with van der Waals surface area (Å²) in [6, 6.07) is 5.96. The Morgan fingerprint density at radius 1 is 1.32 bits per heavy atom. The number of ether oxygens (including phenoxy) is 3. The van der Waals surface area contributed by atoms with Crippen LogP contribution in [-0.4, -0.2) is 51.3 Å². The minimum atomic E-state index is -0.218. The lowest BCUT2D eigenvalue weighted by molar-refractivity contribution is -0.141. The minimum Gasteiger partial charge on any atom is -0.486 e. The minimum absolute atomic E-state index is 0.218. The molecule has 0 radical (unpaired) electrons. The number of esters is 1. The van der Waals surface area contributed by atoms with E-state index in [2.05, 4.69) is 4.74 Å². The molecule has 1 aromatic rings. The normalized spacial score (nSPS) is 13.4. The van der Waals surface area contributed by atoms with E-state index in [1.54, 1.807) is 0 Å². The van der Waals surface area contributed by atoms with Crippen LogP contribution in [0.5, 0.6) is 11.5 Å². The standard InChI is InChI=1S/C14H19NO4/c1-15(10-14(16)17-2)6-5-11-3-4-12-13(9-11)19-8-7-18-12/h3-4,9H,5-8,10H2,1-2H3. The Morgan fingerprint density at radius 3 is 2.79 bits per heavy atom. The highest BCUT2D eigenvalue weighted by atomic mass is 16.6. The molecule has 0 spiro atoms. The number of hydrogen-bond acceptors (Lipinski definition) is 5. The summed E-state index contributed by atoms with van der Waals surface area (Å²) < 4.78 is 15.6. The Labute approximate surface area is 113 Å². The largest absolute Gasteiger partial charge is 0.486 e. The Bertz CT molecular complexity index is 447. The Hall–Kier alpha value is -1.75. The van der Waals surface area contributed by atoms with E-state index in [1.165, 1.54) is 12.7 Å². The van der Waals surface area contributed by atoms with Gasteiger partial charge in [-0.2, -0.15) is 0 Å². The quantitative estimate of drug-likeness (QED) is 0.746. The predicted octanol–water partition coefficient (Wildman–Crippen LogP) is 1.11. The highest BCUT2D eigenvalue weighted by molar-refractivity contribution is 5.71. The molecule has 0 bridgehead atoms. The van der Waals surface area contributed by atoms with Gasteiger partial charge in [0.1, 0.15) is 13.2 Å². The summed E-state index contributed by atoms with van der Waals surface area (Å²) in [4.78, 5) is 13.1. The molecule has 5 heteroatoms. The Kier molecular flexibility index (Phi) is 4.63. The molecule has 104 valence electrons. The summed E-state index contributed by atoms with van der Waals surface area (Å²) in [6.45, 7) is 2.29. The molecular weight excluding hydrogens is 246 g/mol. The van der Waals surface area contributed by atoms with Crippen LogP contribution in [0.15, 0.2) is 18.2 Å². The van der Waals surface area contributed by atoms with Crippen LogP contribution in [-0.2, 0) is 16.0 Å². The molecule has 2 rings (SSSR count). The van der Waals surface area contributed by atoms with Crippen LogP contribution in [0, 0.1) is 0 Å². The second-order valence-corrected chi connectivity index (χ2v) is 4.54. The van der Waals surface area contributed by atoms with Gasteiger partial charge in [0.15, 0.2) is 11.5 Å². The topological polar surface area (TPSA) is 48.0 Å². The number of hydrogen-bond donors (Lipinski definition) is 0. The molecule has 0 aromatic heterocycles. The summed E-state index contributed by atoms with van der Waals surface area (Å²) in [7, 11) is 3.30. The van der Waals surface area contributed by atoms with Crippen LogP contribution >= 0.6 is 0 Å². The zero-order chi connectivity index (χ0) is 13.7. The van der Waals surface area contributed by atoms with Gasteiger partial charge in [0.05, 0.1) is 13.7 Å². The summed E-state index contributed by atoms with van der Waals surface area (Å²) >= 11 is 0. The maximum absolute atomic E-state index is 11.1. The van der Waals surface area contributed by atoms with Crippen molar-refractivity contribution in [1.29, 1.82) is 0 Å². The highest BCUT2D eigenvalue weighted by Gasteiger charge is 2.12. The third-order valence-electron chi connectivity index (χ3n) is 3.02. The van der Waals surface area contributed by atoms with Crippen molar-refractivity contribution in [3.05, 3.63) is 23.8 Å². The van der Waals surface area contributed by atoms with E-state index in [1.807, 2.05) is 30.1 Å². The Balaban J connectivity index is 1.87. The first kappa shape index (κ1) is 13.7. The van der Waals surface area contributed by atoms with Gasteiger partial charge in [-0.3, -0.25) is 9.69 Å². The molecule has 0 fully saturated rings. The molecule has 1 aromatic carbocycles. The monoisotopic (exact) mass is 265 g/mol. The highest BCUT2D eigenvalue weighted by Crippen LogP contribution is 2.30. The van der Waals surface area contributed by atoms with Crippen molar-refractivity contribution in [2.24, 2.45) is 0 Å². The van der Waals surface area contributed by atoms with Crippen molar-refractivity contribution < 1.29 is 19.0 Å². The molecule has 0 unspecified atom stereocenters. The average molecular weight is 265 g/mol. The summed E-state index contributed by atoms with van der Waals surface area (Å²) in [5.41, 5.74) is 1.17. The smallest absolute Gasteiger partial charge is 0.319 e. The van der Waals surface area contributed by atoms with Gasteiger partial charge in [0, 0.05) is 6.54 Å². The van der Waals surface area contributed by atoms with Gasteiger partial charge in [0.2, 0.25) is 0 Å². The van der Waals surface area contributed by atoms with Crippen molar-refractivity contribution in [3.8, 4) is 11.5 Å². The number of likely N-dealkylation sites (N-methyl/N-ethyl adjacent to an activating group) is 1. The Morgan fingerprint density at radius 2 is 2.05 bits per heavy atom. The maximum Gasteiger partial charge on any atom is 0.319 e. The molecule has 0 amide bonds. The van der Waals surface area contributed by atoms with E-state index in [4.69, 9.17) is 9.47 Å². The van der Waals surface area contributed by atoms with Crippen LogP contribution in [0.25, 0.3) is 0 Å². The van der Waals surface area contributed by atoms with Gasteiger partial charge in [-0.15, -0.1) is 0 Å². The summed E-state index contributed by atoms with van der Waals surface area (Å²) in [5.74, 6) is 1.39. The number of carbonyl (C=O) groups is 1. The third-order valence-corrected chi connectivity index (χ3v) is 3.02. The SMILES string of the molecule is COC(=O)CN(C)CCc1ccc2c(c1)OCCO2. The molecule has 1 heterocycles. The first-order valence-electron chi connectivity index (χ1n) is 6.33. The first-order chi connectivity index (χ1) is 9.19. The van der Waals surface area contributed by atoms with Gasteiger partial charge in [0.25, 0.3) is 0 Å². The van der Waals surface area contributed by atoms with E-state index in [0.29, 0.717) is 19.8 Å². The predicted molar refractivity (Wildman–Crippen MR) is 70.6 cm³/mol. The fraction of sp³-hybridized carbons (Fsp3) is 0.500. The summed E-state index contributed by atoms with van der Waals surface area (Å²) in [6.07, 6.45) is 0.851. The number of methoxy groups -OCH3 is 1. The second kappa shape index (κ2) is 6.43. The van der Waals surface area contributed by atoms with Crippen molar-refractivity contribution in [2.45, 2.75) is 6.42 Å². The van der Waals surface area contributed by atoms with Gasteiger partial charge < -0.3 is 14.2 Å². The van der Waals surface area contributed by atoms with Crippen molar-refractivity contribution >= 4 is 5.97 Å². The van der Waals surface area contributed by atoms with Gasteiger partial charge in [-0.1, -0.05) is 6.07 Å². The molecule has 5 nitrogen and oxygen atoms in total. The fourth-order valence-corrected chi connectivity index (χ4v) is 1.93. The van der Waals surface area contributed by atoms with E-state index < -0.39 is 0 Å². The zero-order valence-corrected chi connectivity index (χ0v) is 11.3. The third kappa shape index (κ3) is 3.86. The van der Waals surface area contributed by atoms with Gasteiger partial charge in [-0.25, -0.2) is 0 Å². The average Bonchev–Trinajstić information content (AvgIpc) is 2.44. The molecular formula is C14H19NO4. The summed E-state index contributed by atoms with van der Waals surface area (Å²) in [5, 5.41) is 0. The number of fused-ring (bicyclic) bond motifs is 1. The molecule has 0 saturated carbocycles. The van der Waals surface area contributed by atoms with Gasteiger partial charge in [-0.05, 0) is 31.2 Å². The number of benzene rings is 1. The van der Waals surface area contributed by atoms with Crippen LogP contribution in [0.4, 0.5) is 0 Å². The van der Waals surface area contributed by atoms with E-state index in [-0.39, 0.29) is 5.97 Å². The number of rotatable bonds is 5. The fourth-order valence-electron chi connectivity index (χ4n) is 1.93. The molecule has 0 aliphatic carbocycles. The van der Waals surface area contributed by atoms with Crippen molar-refractivity contribution in [1.82, 2.24) is 4.90 Å². The lowest BCUT2D eigenvalue weighted by Crippen LogP contribution is -2.28. The molecule has 0 atom stereocenters. The molecule has 1 aliphatic rings. The van der Waals surface area contributed by atoms with Crippen LogP contribution in [0.1, 0.15) is 5.56 Å². The van der Waals surface area contributed by atoms with Crippen molar-refractivity contribution in [3.63, 3.8) is 0 Å². The molecule has 0 N–H and O–H groups in total. The second-order valence-electron chi connectivity index (χ2n) is 4.54. The van der Waals surface area contributed by atoms with Crippen LogP contribution < -0.4 is 9.47 Å². The number of nitrogens with zero attached hydrogens (tertiary/aromatic N) is 1. The van der Waals surface area contributed by atoms with Crippen LogP contribution in [0.2, 0.25) is 0 Å². The zero-order valence-electron chi connectivity index (χ0n) is 11.3. The molecule has 19 heavy (non-hydrogen) atoms. The molecule has 0 saturated heterocycles. The van der Waals surface area contributed by atoms with E-state index in [9.17, 15) is 4.79 Å². The van der Waals surface area contributed by atoms with E-state index >= 15 is 0 Å². The lowest BCUT2D eigenvalue weighted by Gasteiger charge is -2.19. The molecule has 1 aliphatic heterocycles. The number of carbonyl (C=O) groups excluding carboxylic acids is 1. The van der Waals surface area contributed by atoms with E-state index in [0.717, 1.165) is 24.5 Å². The maximum atomic E-state index is 11.1.